The fourth-order valence-corrected chi connectivity index (χ4v) is 2.74. The highest BCUT2D eigenvalue weighted by Gasteiger charge is 2.04. The van der Waals surface area contributed by atoms with Crippen LogP contribution in [0.15, 0.2) is 78.9 Å². The number of aryl methyl sites for hydroxylation is 2. The second-order valence-electron chi connectivity index (χ2n) is 6.65. The summed E-state index contributed by atoms with van der Waals surface area (Å²) >= 11 is 0. The van der Waals surface area contributed by atoms with Gasteiger partial charge in [-0.05, 0) is 68.1 Å². The van der Waals surface area contributed by atoms with E-state index < -0.39 is 6.09 Å². The number of benzene rings is 3. The van der Waals surface area contributed by atoms with E-state index in [4.69, 9.17) is 9.47 Å². The fourth-order valence-electron chi connectivity index (χ4n) is 2.74. The van der Waals surface area contributed by atoms with Crippen molar-refractivity contribution in [1.82, 2.24) is 5.32 Å². The number of unbranched alkanes of at least 4 members (excludes halogenated alkanes) is 1. The molecule has 0 fully saturated rings. The lowest BCUT2D eigenvalue weighted by Crippen LogP contribution is -2.27. The molecule has 0 saturated carbocycles. The standard InChI is InChI=1S/C24H25NO3/c1-19-10-12-20(13-11-19)7-5-6-18-25-24(26)28-23-16-14-22(15-17-23)27-21-8-3-2-4-9-21/h2-4,8-17H,5-7,18H2,1H3,(H,25,26). The van der Waals surface area contributed by atoms with Gasteiger partial charge in [0, 0.05) is 6.54 Å². The Bertz CT molecular complexity index is 859. The molecule has 0 unspecified atom stereocenters. The molecule has 1 amide bonds. The highest BCUT2D eigenvalue weighted by molar-refractivity contribution is 5.70. The monoisotopic (exact) mass is 375 g/mol. The quantitative estimate of drug-likeness (QED) is 0.499. The van der Waals surface area contributed by atoms with Gasteiger partial charge in [0.25, 0.3) is 0 Å². The van der Waals surface area contributed by atoms with Gasteiger partial charge in [-0.25, -0.2) is 4.79 Å². The third-order valence-electron chi connectivity index (χ3n) is 4.30. The summed E-state index contributed by atoms with van der Waals surface area (Å²) < 4.78 is 11.0. The Hall–Kier alpha value is -3.27. The predicted octanol–water partition coefficient (Wildman–Crippen LogP) is 5.90. The van der Waals surface area contributed by atoms with E-state index in [0.29, 0.717) is 18.0 Å². The number of hydrogen-bond donors (Lipinski definition) is 1. The van der Waals surface area contributed by atoms with Crippen molar-refractivity contribution in [2.45, 2.75) is 26.2 Å². The van der Waals surface area contributed by atoms with Crippen LogP contribution in [-0.2, 0) is 6.42 Å². The first-order chi connectivity index (χ1) is 13.7. The van der Waals surface area contributed by atoms with E-state index in [1.54, 1.807) is 24.3 Å². The molecule has 3 aromatic carbocycles. The van der Waals surface area contributed by atoms with Crippen LogP contribution >= 0.6 is 0 Å². The van der Waals surface area contributed by atoms with Gasteiger partial charge in [-0.3, -0.25) is 0 Å². The zero-order valence-corrected chi connectivity index (χ0v) is 16.1. The summed E-state index contributed by atoms with van der Waals surface area (Å²) in [6, 6.07) is 25.1. The van der Waals surface area contributed by atoms with Crippen LogP contribution in [0.2, 0.25) is 0 Å². The Kier molecular flexibility index (Phi) is 7.08. The molecule has 0 aliphatic carbocycles. The zero-order chi connectivity index (χ0) is 19.6. The van der Waals surface area contributed by atoms with Gasteiger partial charge in [0.05, 0.1) is 0 Å². The molecule has 144 valence electrons. The first kappa shape index (κ1) is 19.5. The molecule has 0 aromatic heterocycles. The maximum Gasteiger partial charge on any atom is 0.412 e. The van der Waals surface area contributed by atoms with Gasteiger partial charge in [-0.1, -0.05) is 48.0 Å². The smallest absolute Gasteiger partial charge is 0.412 e. The average Bonchev–Trinajstić information content (AvgIpc) is 2.71. The van der Waals surface area contributed by atoms with Gasteiger partial charge in [-0.2, -0.15) is 0 Å². The molecule has 0 atom stereocenters. The molecule has 28 heavy (non-hydrogen) atoms. The highest BCUT2D eigenvalue weighted by atomic mass is 16.6. The minimum absolute atomic E-state index is 0.438. The number of amides is 1. The fraction of sp³-hybridized carbons (Fsp3) is 0.208. The van der Waals surface area contributed by atoms with Gasteiger partial charge in [0.1, 0.15) is 17.2 Å². The number of carbonyl (C=O) groups is 1. The summed E-state index contributed by atoms with van der Waals surface area (Å²) in [5.41, 5.74) is 2.60. The zero-order valence-electron chi connectivity index (χ0n) is 16.1. The second-order valence-corrected chi connectivity index (χ2v) is 6.65. The number of carbonyl (C=O) groups excluding carboxylic acids is 1. The SMILES string of the molecule is Cc1ccc(CCCCNC(=O)Oc2ccc(Oc3ccccc3)cc2)cc1. The van der Waals surface area contributed by atoms with E-state index in [0.717, 1.165) is 25.0 Å². The number of rotatable bonds is 8. The molecule has 0 bridgehead atoms. The van der Waals surface area contributed by atoms with E-state index in [1.807, 2.05) is 30.3 Å². The van der Waals surface area contributed by atoms with Gasteiger partial charge < -0.3 is 14.8 Å². The summed E-state index contributed by atoms with van der Waals surface area (Å²) in [7, 11) is 0. The van der Waals surface area contributed by atoms with Gasteiger partial charge in [0.2, 0.25) is 0 Å². The molecule has 4 nitrogen and oxygen atoms in total. The minimum atomic E-state index is -0.438. The molecule has 3 rings (SSSR count). The van der Waals surface area contributed by atoms with Crippen molar-refractivity contribution < 1.29 is 14.3 Å². The lowest BCUT2D eigenvalue weighted by atomic mass is 10.1. The Morgan fingerprint density at radius 2 is 1.43 bits per heavy atom. The largest absolute Gasteiger partial charge is 0.457 e. The van der Waals surface area contributed by atoms with Crippen LogP contribution in [-0.4, -0.2) is 12.6 Å². The number of ether oxygens (including phenoxy) is 2. The van der Waals surface area contributed by atoms with Gasteiger partial charge in [0.15, 0.2) is 0 Å². The number of hydrogen-bond acceptors (Lipinski definition) is 3. The van der Waals surface area contributed by atoms with Crippen molar-refractivity contribution in [1.29, 1.82) is 0 Å². The Morgan fingerprint density at radius 3 is 2.14 bits per heavy atom. The molecule has 0 heterocycles. The Labute approximate surface area is 166 Å². The van der Waals surface area contributed by atoms with Crippen molar-refractivity contribution in [3.63, 3.8) is 0 Å². The van der Waals surface area contributed by atoms with E-state index in [9.17, 15) is 4.79 Å². The van der Waals surface area contributed by atoms with Crippen molar-refractivity contribution in [3.05, 3.63) is 90.0 Å². The van der Waals surface area contributed by atoms with E-state index in [1.165, 1.54) is 11.1 Å². The first-order valence-electron chi connectivity index (χ1n) is 9.53. The van der Waals surface area contributed by atoms with Crippen molar-refractivity contribution >= 4 is 6.09 Å². The third-order valence-corrected chi connectivity index (χ3v) is 4.30. The van der Waals surface area contributed by atoms with Crippen LogP contribution in [0.25, 0.3) is 0 Å². The normalized spacial score (nSPS) is 10.3. The second kappa shape index (κ2) is 10.2. The average molecular weight is 375 g/mol. The van der Waals surface area contributed by atoms with Crippen LogP contribution in [0.1, 0.15) is 24.0 Å². The lowest BCUT2D eigenvalue weighted by molar-refractivity contribution is 0.200. The Morgan fingerprint density at radius 1 is 0.786 bits per heavy atom. The summed E-state index contributed by atoms with van der Waals surface area (Å²) in [5.74, 6) is 1.94. The first-order valence-corrected chi connectivity index (χ1v) is 9.53. The third kappa shape index (κ3) is 6.47. The molecular formula is C24H25NO3. The number of para-hydroxylation sites is 1. The van der Waals surface area contributed by atoms with Crippen LogP contribution in [0.3, 0.4) is 0 Å². The molecule has 1 N–H and O–H groups in total. The van der Waals surface area contributed by atoms with E-state index in [-0.39, 0.29) is 0 Å². The van der Waals surface area contributed by atoms with Gasteiger partial charge in [-0.15, -0.1) is 0 Å². The minimum Gasteiger partial charge on any atom is -0.457 e. The molecule has 0 spiro atoms. The molecule has 0 radical (unpaired) electrons. The lowest BCUT2D eigenvalue weighted by Gasteiger charge is -2.08. The predicted molar refractivity (Wildman–Crippen MR) is 111 cm³/mol. The summed E-state index contributed by atoms with van der Waals surface area (Å²) in [6.45, 7) is 2.68. The maximum atomic E-state index is 11.9. The van der Waals surface area contributed by atoms with Gasteiger partial charge >= 0.3 is 6.09 Å². The molecule has 0 aliphatic heterocycles. The van der Waals surface area contributed by atoms with Crippen molar-refractivity contribution in [2.24, 2.45) is 0 Å². The van der Waals surface area contributed by atoms with Crippen LogP contribution in [0, 0.1) is 6.92 Å². The Balaban J connectivity index is 1.34. The van der Waals surface area contributed by atoms with Crippen molar-refractivity contribution in [2.75, 3.05) is 6.54 Å². The van der Waals surface area contributed by atoms with Crippen LogP contribution < -0.4 is 14.8 Å². The summed E-state index contributed by atoms with van der Waals surface area (Å²) in [5, 5.41) is 2.79. The topological polar surface area (TPSA) is 47.6 Å². The molecule has 0 saturated heterocycles. The van der Waals surface area contributed by atoms with Crippen LogP contribution in [0.5, 0.6) is 17.2 Å². The number of nitrogens with one attached hydrogen (secondary N) is 1. The summed E-state index contributed by atoms with van der Waals surface area (Å²) in [4.78, 5) is 11.9. The van der Waals surface area contributed by atoms with E-state index in [2.05, 4.69) is 36.5 Å². The molecular weight excluding hydrogens is 350 g/mol. The highest BCUT2D eigenvalue weighted by Crippen LogP contribution is 2.23. The van der Waals surface area contributed by atoms with E-state index >= 15 is 0 Å². The maximum absolute atomic E-state index is 11.9. The van der Waals surface area contributed by atoms with Crippen LogP contribution in [0.4, 0.5) is 4.79 Å². The van der Waals surface area contributed by atoms with Crippen molar-refractivity contribution in [3.8, 4) is 17.2 Å². The summed E-state index contributed by atoms with van der Waals surface area (Å²) in [6.07, 6.45) is 2.51. The molecule has 3 aromatic rings. The molecule has 4 heteroatoms. The molecule has 0 aliphatic rings.